The molecule has 0 bridgehead atoms. The van der Waals surface area contributed by atoms with Gasteiger partial charge in [0.25, 0.3) is 0 Å². The first-order valence-corrected chi connectivity index (χ1v) is 3.97. The molecule has 0 spiro atoms. The highest BCUT2D eigenvalue weighted by molar-refractivity contribution is 5.78. The second kappa shape index (κ2) is 3.04. The van der Waals surface area contributed by atoms with E-state index in [-0.39, 0.29) is 5.91 Å². The lowest BCUT2D eigenvalue weighted by molar-refractivity contribution is -0.125. The van der Waals surface area contributed by atoms with Crippen LogP contribution in [0.1, 0.15) is 26.2 Å². The highest BCUT2D eigenvalue weighted by Gasteiger charge is 2.28. The average molecular weight is 141 g/mol. The van der Waals surface area contributed by atoms with Gasteiger partial charge in [0.05, 0.1) is 0 Å². The Labute approximate surface area is 62.0 Å². The maximum absolute atomic E-state index is 11.1. The molecule has 2 atom stereocenters. The summed E-state index contributed by atoms with van der Waals surface area (Å²) in [6, 6.07) is 0. The zero-order chi connectivity index (χ0) is 7.56. The lowest BCUT2D eigenvalue weighted by atomic mass is 9.97. The third-order valence-corrected chi connectivity index (χ3v) is 2.44. The molecule has 1 fully saturated rings. The van der Waals surface area contributed by atoms with E-state index >= 15 is 0 Å². The fourth-order valence-corrected chi connectivity index (χ4v) is 1.72. The minimum Gasteiger partial charge on any atom is -0.359 e. The molecule has 1 N–H and O–H groups in total. The van der Waals surface area contributed by atoms with Crippen LogP contribution in [0.5, 0.6) is 0 Å². The van der Waals surface area contributed by atoms with Crippen LogP contribution >= 0.6 is 0 Å². The Morgan fingerprint density at radius 3 is 2.60 bits per heavy atom. The molecule has 1 rings (SSSR count). The molecule has 1 aliphatic carbocycles. The van der Waals surface area contributed by atoms with E-state index in [4.69, 9.17) is 0 Å². The van der Waals surface area contributed by atoms with Crippen LogP contribution in [0.25, 0.3) is 0 Å². The van der Waals surface area contributed by atoms with Crippen molar-refractivity contribution in [3.63, 3.8) is 0 Å². The van der Waals surface area contributed by atoms with Crippen LogP contribution in [-0.4, -0.2) is 13.0 Å². The Morgan fingerprint density at radius 2 is 2.20 bits per heavy atom. The summed E-state index contributed by atoms with van der Waals surface area (Å²) in [5.74, 6) is 1.12. The predicted octanol–water partition coefficient (Wildman–Crippen LogP) is 1.17. The zero-order valence-electron chi connectivity index (χ0n) is 6.68. The Kier molecular flexibility index (Phi) is 2.30. The van der Waals surface area contributed by atoms with Gasteiger partial charge in [-0.15, -0.1) is 0 Å². The number of carbonyl (C=O) groups excluding carboxylic acids is 1. The Morgan fingerprint density at radius 1 is 1.50 bits per heavy atom. The normalized spacial score (nSPS) is 32.2. The van der Waals surface area contributed by atoms with E-state index < -0.39 is 0 Å². The van der Waals surface area contributed by atoms with Gasteiger partial charge in [-0.05, 0) is 18.8 Å². The summed E-state index contributed by atoms with van der Waals surface area (Å²) in [5.41, 5.74) is 0. The molecular weight excluding hydrogens is 126 g/mol. The maximum Gasteiger partial charge on any atom is 0.223 e. The van der Waals surface area contributed by atoms with Gasteiger partial charge in [0.1, 0.15) is 0 Å². The summed E-state index contributed by atoms with van der Waals surface area (Å²) in [5, 5.41) is 2.70. The maximum atomic E-state index is 11.1. The molecule has 0 saturated heterocycles. The lowest BCUT2D eigenvalue weighted by Crippen LogP contribution is -2.28. The summed E-state index contributed by atoms with van der Waals surface area (Å²) in [7, 11) is 1.72. The summed E-state index contributed by atoms with van der Waals surface area (Å²) in [6.07, 6.45) is 3.53. The molecule has 2 heteroatoms. The van der Waals surface area contributed by atoms with Gasteiger partial charge in [0.15, 0.2) is 0 Å². The van der Waals surface area contributed by atoms with Gasteiger partial charge in [-0.2, -0.15) is 0 Å². The molecule has 1 amide bonds. The van der Waals surface area contributed by atoms with Crippen molar-refractivity contribution in [3.8, 4) is 0 Å². The number of hydrogen-bond acceptors (Lipinski definition) is 1. The van der Waals surface area contributed by atoms with E-state index in [1.807, 2.05) is 0 Å². The van der Waals surface area contributed by atoms with Gasteiger partial charge in [0.2, 0.25) is 5.91 Å². The molecule has 0 unspecified atom stereocenters. The zero-order valence-corrected chi connectivity index (χ0v) is 6.68. The standard InChI is InChI=1S/C8H15NO/c1-6-4-3-5-7(6)8(10)9-2/h6-7H,3-5H2,1-2H3,(H,9,10)/t6-,7-/m1/s1. The van der Waals surface area contributed by atoms with Crippen molar-refractivity contribution in [3.05, 3.63) is 0 Å². The van der Waals surface area contributed by atoms with E-state index in [2.05, 4.69) is 12.2 Å². The first-order chi connectivity index (χ1) is 4.75. The summed E-state index contributed by atoms with van der Waals surface area (Å²) in [4.78, 5) is 11.1. The molecule has 0 radical (unpaired) electrons. The highest BCUT2D eigenvalue weighted by atomic mass is 16.1. The van der Waals surface area contributed by atoms with E-state index in [0.29, 0.717) is 11.8 Å². The van der Waals surface area contributed by atoms with Crippen molar-refractivity contribution in [1.29, 1.82) is 0 Å². The Balaban J connectivity index is 2.46. The van der Waals surface area contributed by atoms with Crippen LogP contribution in [0.2, 0.25) is 0 Å². The molecule has 10 heavy (non-hydrogen) atoms. The monoisotopic (exact) mass is 141 g/mol. The van der Waals surface area contributed by atoms with Crippen molar-refractivity contribution in [2.75, 3.05) is 7.05 Å². The number of rotatable bonds is 1. The Bertz CT molecular complexity index is 133. The molecule has 0 aliphatic heterocycles. The largest absolute Gasteiger partial charge is 0.359 e. The number of amides is 1. The number of nitrogens with one attached hydrogen (secondary N) is 1. The minimum absolute atomic E-state index is 0.227. The van der Waals surface area contributed by atoms with Crippen LogP contribution in [0.4, 0.5) is 0 Å². The van der Waals surface area contributed by atoms with Crippen LogP contribution < -0.4 is 5.32 Å². The molecule has 0 aromatic heterocycles. The van der Waals surface area contributed by atoms with E-state index in [9.17, 15) is 4.79 Å². The van der Waals surface area contributed by atoms with Gasteiger partial charge in [-0.1, -0.05) is 13.3 Å². The summed E-state index contributed by atoms with van der Waals surface area (Å²) in [6.45, 7) is 2.16. The summed E-state index contributed by atoms with van der Waals surface area (Å²) < 4.78 is 0. The van der Waals surface area contributed by atoms with E-state index in [1.165, 1.54) is 12.8 Å². The van der Waals surface area contributed by atoms with Crippen molar-refractivity contribution in [2.24, 2.45) is 11.8 Å². The lowest BCUT2D eigenvalue weighted by Gasteiger charge is -2.12. The second-order valence-corrected chi connectivity index (χ2v) is 3.13. The molecule has 0 aromatic rings. The Hall–Kier alpha value is -0.530. The third kappa shape index (κ3) is 1.31. The third-order valence-electron chi connectivity index (χ3n) is 2.44. The van der Waals surface area contributed by atoms with Gasteiger partial charge in [0, 0.05) is 13.0 Å². The number of carbonyl (C=O) groups is 1. The van der Waals surface area contributed by atoms with E-state index in [0.717, 1.165) is 6.42 Å². The van der Waals surface area contributed by atoms with Crippen LogP contribution in [-0.2, 0) is 4.79 Å². The van der Waals surface area contributed by atoms with Crippen molar-refractivity contribution in [2.45, 2.75) is 26.2 Å². The molecule has 2 nitrogen and oxygen atoms in total. The molecule has 1 aliphatic rings. The topological polar surface area (TPSA) is 29.1 Å². The molecule has 58 valence electrons. The van der Waals surface area contributed by atoms with Gasteiger partial charge >= 0.3 is 0 Å². The summed E-state index contributed by atoms with van der Waals surface area (Å²) >= 11 is 0. The second-order valence-electron chi connectivity index (χ2n) is 3.13. The fourth-order valence-electron chi connectivity index (χ4n) is 1.72. The smallest absolute Gasteiger partial charge is 0.223 e. The van der Waals surface area contributed by atoms with Crippen LogP contribution in [0.15, 0.2) is 0 Å². The number of hydrogen-bond donors (Lipinski definition) is 1. The van der Waals surface area contributed by atoms with Gasteiger partial charge in [-0.25, -0.2) is 0 Å². The van der Waals surface area contributed by atoms with Crippen LogP contribution in [0.3, 0.4) is 0 Å². The molecule has 0 aromatic carbocycles. The predicted molar refractivity (Wildman–Crippen MR) is 40.6 cm³/mol. The molecule has 0 heterocycles. The molecular formula is C8H15NO. The first-order valence-electron chi connectivity index (χ1n) is 3.97. The first kappa shape index (κ1) is 7.58. The van der Waals surface area contributed by atoms with Gasteiger partial charge < -0.3 is 5.32 Å². The van der Waals surface area contributed by atoms with Crippen LogP contribution in [0, 0.1) is 11.8 Å². The van der Waals surface area contributed by atoms with Gasteiger partial charge in [-0.3, -0.25) is 4.79 Å². The average Bonchev–Trinajstić information content (AvgIpc) is 2.34. The fraction of sp³-hybridized carbons (Fsp3) is 0.875. The van der Waals surface area contributed by atoms with Crippen molar-refractivity contribution < 1.29 is 4.79 Å². The minimum atomic E-state index is 0.227. The SMILES string of the molecule is CNC(=O)[C@@H]1CCC[C@H]1C. The highest BCUT2D eigenvalue weighted by Crippen LogP contribution is 2.30. The quantitative estimate of drug-likeness (QED) is 0.583. The van der Waals surface area contributed by atoms with Crippen molar-refractivity contribution >= 4 is 5.91 Å². The molecule has 1 saturated carbocycles. The van der Waals surface area contributed by atoms with Crippen molar-refractivity contribution in [1.82, 2.24) is 5.32 Å². The van der Waals surface area contributed by atoms with E-state index in [1.54, 1.807) is 7.05 Å².